The van der Waals surface area contributed by atoms with Crippen LogP contribution >= 0.6 is 0 Å². The van der Waals surface area contributed by atoms with Gasteiger partial charge in [-0.05, 0) is 32.1 Å². The van der Waals surface area contributed by atoms with Crippen molar-refractivity contribution >= 4 is 23.3 Å². The first kappa shape index (κ1) is 15.7. The van der Waals surface area contributed by atoms with E-state index >= 15 is 0 Å². The van der Waals surface area contributed by atoms with E-state index in [1.54, 1.807) is 0 Å². The topological polar surface area (TPSA) is 119 Å². The molecule has 0 unspecified atom stereocenters. The Labute approximate surface area is 134 Å². The number of ether oxygens (including phenoxy) is 1. The summed E-state index contributed by atoms with van der Waals surface area (Å²) in [7, 11) is 0. The van der Waals surface area contributed by atoms with Gasteiger partial charge in [-0.25, -0.2) is 0 Å². The van der Waals surface area contributed by atoms with Crippen molar-refractivity contribution in [1.82, 2.24) is 9.97 Å². The summed E-state index contributed by atoms with van der Waals surface area (Å²) in [4.78, 5) is 21.3. The van der Waals surface area contributed by atoms with Gasteiger partial charge in [-0.3, -0.25) is 10.1 Å². The molecule has 2 aliphatic rings. The molecule has 23 heavy (non-hydrogen) atoms. The number of aromatic nitrogens is 2. The Balaban J connectivity index is 1.83. The molecule has 0 radical (unpaired) electrons. The van der Waals surface area contributed by atoms with Crippen molar-refractivity contribution in [3.05, 3.63) is 10.1 Å². The Kier molecular flexibility index (Phi) is 4.75. The summed E-state index contributed by atoms with van der Waals surface area (Å²) < 4.78 is 5.53. The zero-order valence-electron chi connectivity index (χ0n) is 13.0. The maximum Gasteiger partial charge on any atom is 0.353 e. The highest BCUT2D eigenvalue weighted by molar-refractivity contribution is 5.70. The van der Waals surface area contributed by atoms with Crippen molar-refractivity contribution in [3.8, 4) is 0 Å². The molecule has 0 aromatic carbocycles. The van der Waals surface area contributed by atoms with Crippen molar-refractivity contribution in [2.45, 2.75) is 38.2 Å². The molecule has 2 fully saturated rings. The molecule has 9 nitrogen and oxygen atoms in total. The fourth-order valence-corrected chi connectivity index (χ4v) is 3.01. The molecule has 1 atom stereocenters. The molecule has 0 aliphatic carbocycles. The first-order valence-electron chi connectivity index (χ1n) is 8.07. The normalized spacial score (nSPS) is 21.4. The largest absolute Gasteiger partial charge is 0.378 e. The van der Waals surface area contributed by atoms with Gasteiger partial charge in [-0.1, -0.05) is 0 Å². The first-order valence-corrected chi connectivity index (χ1v) is 8.07. The second-order valence-electron chi connectivity index (χ2n) is 5.93. The highest BCUT2D eigenvalue weighted by Crippen LogP contribution is 2.31. The van der Waals surface area contributed by atoms with Crippen molar-refractivity contribution < 1.29 is 9.66 Å². The summed E-state index contributed by atoms with van der Waals surface area (Å²) in [6.45, 7) is 2.92. The van der Waals surface area contributed by atoms with E-state index in [9.17, 15) is 10.1 Å². The lowest BCUT2D eigenvalue weighted by Gasteiger charge is -2.27. The highest BCUT2D eigenvalue weighted by atomic mass is 16.6. The molecule has 2 aliphatic heterocycles. The Morgan fingerprint density at radius 1 is 1.30 bits per heavy atom. The van der Waals surface area contributed by atoms with Crippen LogP contribution < -0.4 is 16.0 Å². The molecule has 0 bridgehead atoms. The molecular formula is C14H22N6O3. The number of hydrogen-bond acceptors (Lipinski definition) is 8. The van der Waals surface area contributed by atoms with E-state index in [1.807, 2.05) is 4.90 Å². The molecule has 9 heteroatoms. The third kappa shape index (κ3) is 3.61. The van der Waals surface area contributed by atoms with Crippen LogP contribution in [-0.2, 0) is 4.74 Å². The van der Waals surface area contributed by atoms with Gasteiger partial charge in [0.15, 0.2) is 0 Å². The molecule has 3 N–H and O–H groups in total. The quantitative estimate of drug-likeness (QED) is 0.619. The smallest absolute Gasteiger partial charge is 0.353 e. The lowest BCUT2D eigenvalue weighted by Crippen LogP contribution is -2.31. The van der Waals surface area contributed by atoms with Crippen LogP contribution in [0.3, 0.4) is 0 Å². The number of nitrogen functional groups attached to an aromatic ring is 1. The minimum atomic E-state index is -0.535. The number of nitrogens with two attached hydrogens (primary N) is 1. The maximum absolute atomic E-state index is 11.3. The molecule has 0 saturated carbocycles. The molecule has 1 aromatic heterocycles. The van der Waals surface area contributed by atoms with Gasteiger partial charge in [0.1, 0.15) is 0 Å². The Bertz CT molecular complexity index is 570. The summed E-state index contributed by atoms with van der Waals surface area (Å²) in [6.07, 6.45) is 5.34. The van der Waals surface area contributed by atoms with E-state index in [-0.39, 0.29) is 23.4 Å². The fraction of sp³-hybridized carbons (Fsp3) is 0.714. The predicted molar refractivity (Wildman–Crippen MR) is 86.6 cm³/mol. The first-order chi connectivity index (χ1) is 11.1. The second kappa shape index (κ2) is 6.95. The van der Waals surface area contributed by atoms with E-state index in [0.717, 1.165) is 45.4 Å². The summed E-state index contributed by atoms with van der Waals surface area (Å²) in [5, 5.41) is 14.3. The molecule has 1 aromatic rings. The van der Waals surface area contributed by atoms with Crippen molar-refractivity contribution in [3.63, 3.8) is 0 Å². The molecule has 126 valence electrons. The van der Waals surface area contributed by atoms with Crippen LogP contribution in [0.25, 0.3) is 0 Å². The average molecular weight is 322 g/mol. The number of hydrogen-bond donors (Lipinski definition) is 2. The van der Waals surface area contributed by atoms with E-state index < -0.39 is 4.92 Å². The van der Waals surface area contributed by atoms with Gasteiger partial charge in [0.05, 0.1) is 11.0 Å². The Morgan fingerprint density at radius 3 is 2.74 bits per heavy atom. The zero-order chi connectivity index (χ0) is 16.2. The summed E-state index contributed by atoms with van der Waals surface area (Å²) in [5.41, 5.74) is 5.56. The van der Waals surface area contributed by atoms with Crippen LogP contribution in [0.4, 0.5) is 23.3 Å². The molecular weight excluding hydrogens is 300 g/mol. The number of piperidine rings is 1. The van der Waals surface area contributed by atoms with Gasteiger partial charge in [-0.15, -0.1) is 0 Å². The van der Waals surface area contributed by atoms with Crippen LogP contribution in [0.5, 0.6) is 0 Å². The molecule has 2 saturated heterocycles. The maximum atomic E-state index is 11.3. The van der Waals surface area contributed by atoms with Crippen LogP contribution in [0.15, 0.2) is 0 Å². The third-order valence-corrected chi connectivity index (χ3v) is 4.24. The molecule has 3 heterocycles. The monoisotopic (exact) mass is 322 g/mol. The molecule has 3 rings (SSSR count). The number of nitrogens with one attached hydrogen (secondary N) is 1. The minimum Gasteiger partial charge on any atom is -0.378 e. The third-order valence-electron chi connectivity index (χ3n) is 4.24. The summed E-state index contributed by atoms with van der Waals surface area (Å²) in [6, 6.07) is 0. The molecule has 0 spiro atoms. The average Bonchev–Trinajstić information content (AvgIpc) is 3.06. The Hall–Kier alpha value is -2.16. The number of nitrogens with zero attached hydrogens (tertiary/aromatic N) is 4. The van der Waals surface area contributed by atoms with Gasteiger partial charge in [0, 0.05) is 26.2 Å². The van der Waals surface area contributed by atoms with E-state index in [4.69, 9.17) is 10.5 Å². The number of rotatable bonds is 5. The van der Waals surface area contributed by atoms with Gasteiger partial charge < -0.3 is 20.7 Å². The van der Waals surface area contributed by atoms with Crippen LogP contribution in [0.2, 0.25) is 0 Å². The van der Waals surface area contributed by atoms with Gasteiger partial charge in [0.25, 0.3) is 0 Å². The minimum absolute atomic E-state index is 0.0595. The standard InChI is InChI=1S/C14H22N6O3/c15-12-11(20(21)22)13(16-9-10-5-4-8-23-10)18-14(17-12)19-6-2-1-3-7-19/h10H,1-9H2,(H3,15,16,17,18)/t10-/m1/s1. The van der Waals surface area contributed by atoms with E-state index in [2.05, 4.69) is 15.3 Å². The van der Waals surface area contributed by atoms with Crippen LogP contribution in [0.1, 0.15) is 32.1 Å². The van der Waals surface area contributed by atoms with E-state index in [1.165, 1.54) is 6.42 Å². The number of nitro groups is 1. The summed E-state index contributed by atoms with van der Waals surface area (Å²) >= 11 is 0. The van der Waals surface area contributed by atoms with Gasteiger partial charge in [-0.2, -0.15) is 9.97 Å². The number of anilines is 3. The van der Waals surface area contributed by atoms with Crippen molar-refractivity contribution in [2.75, 3.05) is 42.2 Å². The second-order valence-corrected chi connectivity index (χ2v) is 5.93. The lowest BCUT2D eigenvalue weighted by molar-refractivity contribution is -0.383. The highest BCUT2D eigenvalue weighted by Gasteiger charge is 2.26. The van der Waals surface area contributed by atoms with Crippen LogP contribution in [0, 0.1) is 10.1 Å². The fourth-order valence-electron chi connectivity index (χ4n) is 3.01. The molecule has 0 amide bonds. The lowest BCUT2D eigenvalue weighted by atomic mass is 10.1. The predicted octanol–water partition coefficient (Wildman–Crippen LogP) is 1.55. The van der Waals surface area contributed by atoms with Crippen molar-refractivity contribution in [1.29, 1.82) is 0 Å². The van der Waals surface area contributed by atoms with Crippen molar-refractivity contribution in [2.24, 2.45) is 0 Å². The van der Waals surface area contributed by atoms with E-state index in [0.29, 0.717) is 12.5 Å². The Morgan fingerprint density at radius 2 is 2.09 bits per heavy atom. The van der Waals surface area contributed by atoms with Gasteiger partial charge in [0.2, 0.25) is 17.6 Å². The zero-order valence-corrected chi connectivity index (χ0v) is 13.0. The summed E-state index contributed by atoms with van der Waals surface area (Å²) in [5.74, 6) is 0.543. The SMILES string of the molecule is Nc1nc(N2CCCCC2)nc(NC[C@H]2CCCO2)c1[N+](=O)[O-]. The van der Waals surface area contributed by atoms with Gasteiger partial charge >= 0.3 is 5.69 Å². The van der Waals surface area contributed by atoms with Crippen LogP contribution in [-0.4, -0.2) is 47.2 Å².